The molecule has 0 bridgehead atoms. The third kappa shape index (κ3) is 4.39. The summed E-state index contributed by atoms with van der Waals surface area (Å²) in [5.74, 6) is -0.112. The Bertz CT molecular complexity index is 997. The van der Waals surface area contributed by atoms with Crippen molar-refractivity contribution in [1.29, 1.82) is 0 Å². The zero-order valence-corrected chi connectivity index (χ0v) is 15.4. The van der Waals surface area contributed by atoms with E-state index in [9.17, 15) is 14.3 Å². The number of halogens is 1. The lowest BCUT2D eigenvalue weighted by Crippen LogP contribution is -2.17. The number of aromatic nitrogens is 3. The summed E-state index contributed by atoms with van der Waals surface area (Å²) in [4.78, 5) is 23.0. The van der Waals surface area contributed by atoms with Crippen molar-refractivity contribution >= 4 is 0 Å². The van der Waals surface area contributed by atoms with Gasteiger partial charge in [-0.05, 0) is 36.6 Å². The van der Waals surface area contributed by atoms with Gasteiger partial charge in [0.2, 0.25) is 5.95 Å². The second-order valence-corrected chi connectivity index (χ2v) is 6.56. The number of pyridine rings is 1. The fourth-order valence-corrected chi connectivity index (χ4v) is 3.00. The van der Waals surface area contributed by atoms with E-state index in [4.69, 9.17) is 0 Å². The summed E-state index contributed by atoms with van der Waals surface area (Å²) in [5, 5.41) is 10.2. The van der Waals surface area contributed by atoms with E-state index in [0.29, 0.717) is 17.9 Å². The van der Waals surface area contributed by atoms with Crippen LogP contribution < -0.4 is 5.56 Å². The van der Waals surface area contributed by atoms with Gasteiger partial charge in [-0.2, -0.15) is 9.37 Å². The third-order valence-electron chi connectivity index (χ3n) is 4.51. The van der Waals surface area contributed by atoms with Crippen molar-refractivity contribution in [2.24, 2.45) is 0 Å². The van der Waals surface area contributed by atoms with Gasteiger partial charge in [-0.15, -0.1) is 0 Å². The van der Waals surface area contributed by atoms with E-state index in [0.717, 1.165) is 29.5 Å². The van der Waals surface area contributed by atoms with E-state index in [1.165, 1.54) is 6.07 Å². The molecule has 0 aliphatic heterocycles. The highest BCUT2D eigenvalue weighted by atomic mass is 19.1. The van der Waals surface area contributed by atoms with Crippen LogP contribution in [-0.2, 0) is 12.8 Å². The molecule has 0 aliphatic rings. The highest BCUT2D eigenvalue weighted by Crippen LogP contribution is 2.24. The summed E-state index contributed by atoms with van der Waals surface area (Å²) >= 11 is 0. The van der Waals surface area contributed by atoms with Crippen LogP contribution in [0.1, 0.15) is 42.4 Å². The molecule has 0 amide bonds. The number of H-pyrrole nitrogens is 1. The molecule has 2 heterocycles. The van der Waals surface area contributed by atoms with E-state index < -0.39 is 11.5 Å². The molecule has 2 N–H and O–H groups in total. The highest BCUT2D eigenvalue weighted by Gasteiger charge is 2.12. The molecule has 3 aromatic rings. The second-order valence-electron chi connectivity index (χ2n) is 6.56. The zero-order valence-electron chi connectivity index (χ0n) is 15.4. The van der Waals surface area contributed by atoms with Gasteiger partial charge in [0.15, 0.2) is 5.88 Å². The molecule has 0 saturated carbocycles. The minimum Gasteiger partial charge on any atom is -0.494 e. The molecular weight excluding hydrogens is 345 g/mol. The first-order chi connectivity index (χ1) is 13.0. The zero-order chi connectivity index (χ0) is 19.4. The van der Waals surface area contributed by atoms with Crippen molar-refractivity contribution in [3.05, 3.63) is 75.3 Å². The molecule has 0 aliphatic carbocycles. The van der Waals surface area contributed by atoms with Gasteiger partial charge in [0.25, 0.3) is 5.56 Å². The van der Waals surface area contributed by atoms with Gasteiger partial charge in [0, 0.05) is 24.1 Å². The lowest BCUT2D eigenvalue weighted by atomic mass is 10.0. The van der Waals surface area contributed by atoms with Gasteiger partial charge in [0.1, 0.15) is 5.82 Å². The predicted octanol–water partition coefficient (Wildman–Crippen LogP) is 3.92. The highest BCUT2D eigenvalue weighted by molar-refractivity contribution is 5.65. The Labute approximate surface area is 157 Å². The molecule has 5 nitrogen and oxygen atoms in total. The lowest BCUT2D eigenvalue weighted by molar-refractivity contribution is 0.440. The number of rotatable bonds is 6. The number of aromatic amines is 1. The molecule has 6 heteroatoms. The van der Waals surface area contributed by atoms with Crippen molar-refractivity contribution in [3.8, 4) is 17.0 Å². The number of nitrogens with zero attached hydrogens (tertiary/aromatic N) is 2. The Balaban J connectivity index is 1.82. The molecule has 3 rings (SSSR count). The van der Waals surface area contributed by atoms with Crippen molar-refractivity contribution in [3.63, 3.8) is 0 Å². The number of benzene rings is 1. The molecule has 1 aromatic carbocycles. The van der Waals surface area contributed by atoms with E-state index in [1.54, 1.807) is 13.0 Å². The Morgan fingerprint density at radius 1 is 1.11 bits per heavy atom. The average Bonchev–Trinajstić information content (AvgIpc) is 2.64. The third-order valence-corrected chi connectivity index (χ3v) is 4.51. The molecule has 27 heavy (non-hydrogen) atoms. The van der Waals surface area contributed by atoms with Crippen LogP contribution in [0.15, 0.2) is 41.2 Å². The Morgan fingerprint density at radius 3 is 2.48 bits per heavy atom. The molecule has 0 atom stereocenters. The molecule has 140 valence electrons. The largest absolute Gasteiger partial charge is 0.494 e. The molecule has 0 unspecified atom stereocenters. The van der Waals surface area contributed by atoms with Crippen LogP contribution in [0.5, 0.6) is 5.88 Å². The minimum absolute atomic E-state index is 0.122. The lowest BCUT2D eigenvalue weighted by Gasteiger charge is -2.08. The maximum absolute atomic E-state index is 13.2. The molecule has 0 radical (unpaired) electrons. The monoisotopic (exact) mass is 367 g/mol. The van der Waals surface area contributed by atoms with E-state index in [2.05, 4.69) is 21.9 Å². The number of aryl methyl sites for hydroxylation is 2. The van der Waals surface area contributed by atoms with Gasteiger partial charge in [-0.25, -0.2) is 4.98 Å². The number of hydrogen-bond acceptors (Lipinski definition) is 4. The number of nitrogens with one attached hydrogen (secondary N) is 1. The Kier molecular flexibility index (Phi) is 5.64. The van der Waals surface area contributed by atoms with Crippen molar-refractivity contribution in [2.45, 2.75) is 39.5 Å². The SMILES string of the molecule is CCCCc1nc(=O)c(Cc2ccc(-c3ccc(F)nc3C)cc2)c(O)[nH]1. The Morgan fingerprint density at radius 2 is 1.85 bits per heavy atom. The standard InChI is InChI=1S/C21H22FN3O2/c1-3-4-5-19-24-20(26)17(21(27)25-19)12-14-6-8-15(9-7-14)16-10-11-18(22)23-13(16)2/h6-11H,3-5,12H2,1-2H3,(H2,24,25,26,27). The fraction of sp³-hybridized carbons (Fsp3) is 0.286. The van der Waals surface area contributed by atoms with Crippen LogP contribution in [0.3, 0.4) is 0 Å². The van der Waals surface area contributed by atoms with Crippen molar-refractivity contribution in [2.75, 3.05) is 0 Å². The van der Waals surface area contributed by atoms with Crippen molar-refractivity contribution < 1.29 is 9.50 Å². The van der Waals surface area contributed by atoms with Gasteiger partial charge in [0.05, 0.1) is 5.56 Å². The van der Waals surface area contributed by atoms with Gasteiger partial charge < -0.3 is 10.1 Å². The molecule has 0 spiro atoms. The summed E-state index contributed by atoms with van der Waals surface area (Å²) in [7, 11) is 0. The first-order valence-corrected chi connectivity index (χ1v) is 9.01. The van der Waals surface area contributed by atoms with Gasteiger partial charge in [-0.3, -0.25) is 4.79 Å². The second kappa shape index (κ2) is 8.12. The quantitative estimate of drug-likeness (QED) is 0.647. The molecule has 2 aromatic heterocycles. The summed E-state index contributed by atoms with van der Waals surface area (Å²) in [6.45, 7) is 3.81. The fourth-order valence-electron chi connectivity index (χ4n) is 3.00. The maximum Gasteiger partial charge on any atom is 0.280 e. The number of aromatic hydroxyl groups is 1. The van der Waals surface area contributed by atoms with Crippen LogP contribution in [-0.4, -0.2) is 20.1 Å². The average molecular weight is 367 g/mol. The summed E-state index contributed by atoms with van der Waals surface area (Å²) < 4.78 is 13.2. The maximum atomic E-state index is 13.2. The smallest absolute Gasteiger partial charge is 0.280 e. The minimum atomic E-state index is -0.502. The van der Waals surface area contributed by atoms with Crippen LogP contribution in [0, 0.1) is 12.9 Å². The van der Waals surface area contributed by atoms with Gasteiger partial charge >= 0.3 is 0 Å². The molecular formula is C21H22FN3O2. The number of hydrogen-bond donors (Lipinski definition) is 2. The molecule has 0 saturated heterocycles. The summed E-state index contributed by atoms with van der Waals surface area (Å²) in [5.41, 5.74) is 3.10. The predicted molar refractivity (Wildman–Crippen MR) is 102 cm³/mol. The summed E-state index contributed by atoms with van der Waals surface area (Å²) in [6.07, 6.45) is 2.81. The first kappa shape index (κ1) is 18.8. The van der Waals surface area contributed by atoms with E-state index in [1.807, 2.05) is 24.3 Å². The molecule has 0 fully saturated rings. The number of unbranched alkanes of at least 4 members (excludes halogenated alkanes) is 1. The van der Waals surface area contributed by atoms with Crippen LogP contribution in [0.25, 0.3) is 11.1 Å². The first-order valence-electron chi connectivity index (χ1n) is 9.01. The van der Waals surface area contributed by atoms with Gasteiger partial charge in [-0.1, -0.05) is 37.6 Å². The van der Waals surface area contributed by atoms with E-state index in [-0.39, 0.29) is 17.9 Å². The van der Waals surface area contributed by atoms with Crippen molar-refractivity contribution in [1.82, 2.24) is 15.0 Å². The summed E-state index contributed by atoms with van der Waals surface area (Å²) in [6, 6.07) is 10.6. The topological polar surface area (TPSA) is 78.9 Å². The van der Waals surface area contributed by atoms with E-state index >= 15 is 0 Å². The normalized spacial score (nSPS) is 10.9. The van der Waals surface area contributed by atoms with Crippen LogP contribution in [0.4, 0.5) is 4.39 Å². The Hall–Kier alpha value is -3.02. The van der Waals surface area contributed by atoms with Crippen LogP contribution >= 0.6 is 0 Å². The van der Waals surface area contributed by atoms with Crippen LogP contribution in [0.2, 0.25) is 0 Å².